The predicted octanol–water partition coefficient (Wildman–Crippen LogP) is 3.97. The Hall–Kier alpha value is -4.06. The lowest BCUT2D eigenvalue weighted by Crippen LogP contribution is -2.48. The van der Waals surface area contributed by atoms with Crippen LogP contribution < -0.4 is 21.1 Å². The van der Waals surface area contributed by atoms with Gasteiger partial charge in [0, 0.05) is 12.1 Å². The number of nitrogens with two attached hydrogens (primary N) is 1. The number of hydrogen-bond acceptors (Lipinski definition) is 6. The number of primary amides is 1. The number of benzene rings is 2. The second-order valence-corrected chi connectivity index (χ2v) is 8.74. The minimum absolute atomic E-state index is 0.0648. The van der Waals surface area contributed by atoms with Crippen LogP contribution in [-0.2, 0) is 10.3 Å². The molecule has 12 heteroatoms. The molecule has 0 radical (unpaired) electrons. The molecule has 0 aliphatic carbocycles. The maximum atomic E-state index is 12.4. The second-order valence-electron chi connectivity index (χ2n) is 8.74. The van der Waals surface area contributed by atoms with E-state index in [4.69, 9.17) is 25.5 Å². The fourth-order valence-electron chi connectivity index (χ4n) is 4.54. The van der Waals surface area contributed by atoms with E-state index in [1.807, 2.05) is 59.3 Å². The van der Waals surface area contributed by atoms with E-state index in [9.17, 15) is 18.0 Å². The van der Waals surface area contributed by atoms with Gasteiger partial charge in [-0.25, -0.2) is 9.48 Å². The summed E-state index contributed by atoms with van der Waals surface area (Å²) < 4.78 is 39.6. The summed E-state index contributed by atoms with van der Waals surface area (Å²) >= 11 is 0. The minimum Gasteiger partial charge on any atom is -0.475 e. The summed E-state index contributed by atoms with van der Waals surface area (Å²) in [5.74, 6) is -0.975. The highest BCUT2D eigenvalue weighted by Crippen LogP contribution is 2.41. The minimum atomic E-state index is -5.08. The number of hydrogen-bond donors (Lipinski definition) is 4. The highest BCUT2D eigenvalue weighted by Gasteiger charge is 2.41. The Morgan fingerprint density at radius 3 is 2.11 bits per heavy atom. The molecule has 0 atom stereocenters. The number of ether oxygens (including phenoxy) is 1. The summed E-state index contributed by atoms with van der Waals surface area (Å²) in [6, 6.07) is 17.3. The van der Waals surface area contributed by atoms with Crippen molar-refractivity contribution in [1.82, 2.24) is 15.1 Å². The molecule has 2 aromatic carbocycles. The molecule has 5 N–H and O–H groups in total. The quantitative estimate of drug-likeness (QED) is 0.412. The SMILES string of the molecule is NC(=O)c1c(-c2ccc(Oc3ccccc3)cc2)nn2c1NCCC21CCNCC1.O=C(O)C(F)(F)F. The van der Waals surface area contributed by atoms with E-state index in [1.165, 1.54) is 0 Å². The van der Waals surface area contributed by atoms with Gasteiger partial charge in [-0.2, -0.15) is 18.3 Å². The van der Waals surface area contributed by atoms with E-state index >= 15 is 0 Å². The number of fused-ring (bicyclic) bond motifs is 2. The van der Waals surface area contributed by atoms with Crippen molar-refractivity contribution in [2.75, 3.05) is 25.0 Å². The topological polar surface area (TPSA) is 132 Å². The molecule has 3 aromatic rings. The fourth-order valence-corrected chi connectivity index (χ4v) is 4.54. The lowest BCUT2D eigenvalue weighted by Gasteiger charge is -2.42. The molecule has 1 amide bonds. The van der Waals surface area contributed by atoms with Crippen LogP contribution in [0.3, 0.4) is 0 Å². The maximum absolute atomic E-state index is 12.4. The zero-order chi connectivity index (χ0) is 26.6. The van der Waals surface area contributed by atoms with Gasteiger partial charge in [0.15, 0.2) is 0 Å². The monoisotopic (exact) mass is 517 g/mol. The number of aliphatic carboxylic acids is 1. The number of alkyl halides is 3. The Morgan fingerprint density at radius 1 is 0.973 bits per heavy atom. The Balaban J connectivity index is 0.000000405. The smallest absolute Gasteiger partial charge is 0.475 e. The van der Waals surface area contributed by atoms with Crippen LogP contribution in [0.2, 0.25) is 0 Å². The van der Waals surface area contributed by atoms with Gasteiger partial charge in [0.1, 0.15) is 28.6 Å². The molecule has 2 aliphatic heterocycles. The van der Waals surface area contributed by atoms with E-state index in [0.29, 0.717) is 11.3 Å². The Morgan fingerprint density at radius 2 is 1.54 bits per heavy atom. The first-order valence-corrected chi connectivity index (χ1v) is 11.6. The molecule has 9 nitrogen and oxygen atoms in total. The summed E-state index contributed by atoms with van der Waals surface area (Å²) in [7, 11) is 0. The van der Waals surface area contributed by atoms with Crippen LogP contribution in [0, 0.1) is 0 Å². The number of piperidine rings is 1. The number of anilines is 1. The zero-order valence-electron chi connectivity index (χ0n) is 19.7. The molecule has 5 rings (SSSR count). The number of halogens is 3. The van der Waals surface area contributed by atoms with E-state index in [0.717, 1.165) is 61.8 Å². The van der Waals surface area contributed by atoms with Crippen molar-refractivity contribution < 1.29 is 32.6 Å². The third-order valence-corrected chi connectivity index (χ3v) is 6.35. The number of rotatable bonds is 4. The number of nitrogens with zero attached hydrogens (tertiary/aromatic N) is 2. The molecule has 3 heterocycles. The third kappa shape index (κ3) is 5.69. The average Bonchev–Trinajstić information content (AvgIpc) is 3.27. The molecule has 37 heavy (non-hydrogen) atoms. The largest absolute Gasteiger partial charge is 0.490 e. The van der Waals surface area contributed by atoms with E-state index in [2.05, 4.69) is 10.6 Å². The summed E-state index contributed by atoms with van der Waals surface area (Å²) in [4.78, 5) is 21.3. The molecule has 2 aliphatic rings. The fraction of sp³-hybridized carbons (Fsp3) is 0.320. The molecule has 1 fully saturated rings. The van der Waals surface area contributed by atoms with Crippen molar-refractivity contribution in [2.45, 2.75) is 31.0 Å². The normalized spacial score (nSPS) is 16.1. The van der Waals surface area contributed by atoms with Gasteiger partial charge >= 0.3 is 12.1 Å². The number of carboxylic acid groups (broad SMARTS) is 1. The van der Waals surface area contributed by atoms with Gasteiger partial charge in [-0.05, 0) is 68.8 Å². The standard InChI is InChI=1S/C23H25N5O2.C2HF3O2/c24-21(29)19-20(16-6-8-18(9-7-16)30-17-4-2-1-3-5-17)27-28-22(19)26-15-12-23(28)10-13-25-14-11-23;3-2(4,5)1(6)7/h1-9,25-26H,10-15H2,(H2,24,29);(H,6,7). The third-order valence-electron chi connectivity index (χ3n) is 6.35. The highest BCUT2D eigenvalue weighted by atomic mass is 19.4. The van der Waals surface area contributed by atoms with Gasteiger partial charge < -0.3 is 26.2 Å². The van der Waals surface area contributed by atoms with Gasteiger partial charge in [0.05, 0.1) is 5.54 Å². The number of para-hydroxylation sites is 1. The molecule has 0 bridgehead atoms. The molecule has 1 aromatic heterocycles. The van der Waals surface area contributed by atoms with Crippen molar-refractivity contribution in [3.8, 4) is 22.8 Å². The van der Waals surface area contributed by atoms with Gasteiger partial charge in [-0.1, -0.05) is 18.2 Å². The van der Waals surface area contributed by atoms with E-state index in [-0.39, 0.29) is 5.54 Å². The van der Waals surface area contributed by atoms with Gasteiger partial charge in [0.2, 0.25) is 0 Å². The van der Waals surface area contributed by atoms with Gasteiger partial charge in [0.25, 0.3) is 5.91 Å². The second kappa shape index (κ2) is 10.5. The van der Waals surface area contributed by atoms with Crippen LogP contribution in [0.4, 0.5) is 19.0 Å². The lowest BCUT2D eigenvalue weighted by molar-refractivity contribution is -0.192. The number of carbonyl (C=O) groups is 2. The summed E-state index contributed by atoms with van der Waals surface area (Å²) in [6.07, 6.45) is -2.11. The number of amides is 1. The molecule has 0 unspecified atom stereocenters. The first-order valence-electron chi connectivity index (χ1n) is 11.6. The van der Waals surface area contributed by atoms with Crippen LogP contribution in [0.15, 0.2) is 54.6 Å². The Labute approximate surface area is 210 Å². The van der Waals surface area contributed by atoms with E-state index in [1.54, 1.807) is 0 Å². The van der Waals surface area contributed by atoms with Crippen molar-refractivity contribution >= 4 is 17.7 Å². The summed E-state index contributed by atoms with van der Waals surface area (Å²) in [6.45, 7) is 2.72. The summed E-state index contributed by atoms with van der Waals surface area (Å²) in [5, 5.41) is 18.8. The number of nitrogens with one attached hydrogen (secondary N) is 2. The lowest BCUT2D eigenvalue weighted by atomic mass is 9.84. The van der Waals surface area contributed by atoms with E-state index < -0.39 is 18.1 Å². The predicted molar refractivity (Wildman–Crippen MR) is 130 cm³/mol. The molecule has 1 saturated heterocycles. The molecule has 0 saturated carbocycles. The number of carboxylic acids is 1. The summed E-state index contributed by atoms with van der Waals surface area (Å²) in [5.41, 5.74) is 7.66. The zero-order valence-corrected chi connectivity index (χ0v) is 19.7. The maximum Gasteiger partial charge on any atom is 0.490 e. The molecular formula is C25H26F3N5O4. The molecule has 1 spiro atoms. The van der Waals surface area contributed by atoms with Crippen molar-refractivity contribution in [3.63, 3.8) is 0 Å². The first-order chi connectivity index (χ1) is 17.6. The van der Waals surface area contributed by atoms with Crippen molar-refractivity contribution in [3.05, 3.63) is 60.2 Å². The first kappa shape index (κ1) is 26.0. The van der Waals surface area contributed by atoms with Crippen molar-refractivity contribution in [2.24, 2.45) is 5.73 Å². The Bertz CT molecular complexity index is 1250. The highest BCUT2D eigenvalue weighted by molar-refractivity contribution is 6.04. The van der Waals surface area contributed by atoms with Crippen molar-refractivity contribution in [1.29, 1.82) is 0 Å². The van der Waals surface area contributed by atoms with Crippen LogP contribution in [0.25, 0.3) is 11.3 Å². The van der Waals surface area contributed by atoms with Gasteiger partial charge in [-0.15, -0.1) is 0 Å². The number of carbonyl (C=O) groups excluding carboxylic acids is 1. The van der Waals surface area contributed by atoms with Crippen LogP contribution in [-0.4, -0.2) is 52.6 Å². The van der Waals surface area contributed by atoms with Crippen LogP contribution >= 0.6 is 0 Å². The van der Waals surface area contributed by atoms with Crippen LogP contribution in [0.1, 0.15) is 29.6 Å². The Kier molecular flexibility index (Phi) is 7.39. The average molecular weight is 518 g/mol. The molecular weight excluding hydrogens is 491 g/mol. The molecule has 196 valence electrons. The number of aromatic nitrogens is 2. The van der Waals surface area contributed by atoms with Gasteiger partial charge in [-0.3, -0.25) is 4.79 Å². The van der Waals surface area contributed by atoms with Crippen LogP contribution in [0.5, 0.6) is 11.5 Å².